The summed E-state index contributed by atoms with van der Waals surface area (Å²) in [5, 5.41) is 21.8. The molecule has 0 saturated heterocycles. The minimum atomic E-state index is 0.677. The van der Waals surface area contributed by atoms with Crippen LogP contribution in [0, 0.1) is 0 Å². The maximum absolute atomic E-state index is 9.39. The normalized spacial score (nSPS) is 12.0. The summed E-state index contributed by atoms with van der Waals surface area (Å²) >= 11 is 1.71. The summed E-state index contributed by atoms with van der Waals surface area (Å²) in [5.74, 6) is 0.677. The topological polar surface area (TPSA) is 29.5 Å². The highest BCUT2D eigenvalue weighted by Gasteiger charge is 2.16. The number of thiophene rings is 1. The van der Waals surface area contributed by atoms with Crippen molar-refractivity contribution in [2.75, 3.05) is 0 Å². The first-order valence-corrected chi connectivity index (χ1v) is 12.8. The molecule has 1 radical (unpaired) electrons. The van der Waals surface area contributed by atoms with E-state index in [9.17, 15) is 5.02 Å². The molecule has 0 amide bonds. The minimum absolute atomic E-state index is 0.677. The third kappa shape index (κ3) is 2.71. The van der Waals surface area contributed by atoms with E-state index in [1.54, 1.807) is 11.3 Å². The quantitative estimate of drug-likeness (QED) is 0.204. The van der Waals surface area contributed by atoms with Crippen molar-refractivity contribution in [3.63, 3.8) is 0 Å². The average molecular weight is 477 g/mol. The third-order valence-corrected chi connectivity index (χ3v) is 8.62. The molecule has 0 atom stereocenters. The van der Waals surface area contributed by atoms with Crippen LogP contribution in [0.3, 0.4) is 0 Å². The molecule has 0 fully saturated rings. The van der Waals surface area contributed by atoms with Gasteiger partial charge in [-0.3, -0.25) is 0 Å². The van der Waals surface area contributed by atoms with Crippen LogP contribution < -0.4 is 4.65 Å². The van der Waals surface area contributed by atoms with Crippen molar-refractivity contribution in [1.29, 1.82) is 0 Å². The predicted octanol–water partition coefficient (Wildman–Crippen LogP) is 8.68. The number of fused-ring (bicyclic) bond motifs is 5. The van der Waals surface area contributed by atoms with E-state index >= 15 is 0 Å². The summed E-state index contributed by atoms with van der Waals surface area (Å²) < 4.78 is 7.78. The largest absolute Gasteiger partial charge is 0.569 e. The molecule has 2 nitrogen and oxygen atoms in total. The molecule has 7 aromatic carbocycles. The molecule has 8 rings (SSSR count). The second-order valence-electron chi connectivity index (χ2n) is 9.31. The van der Waals surface area contributed by atoms with Gasteiger partial charge in [-0.1, -0.05) is 91.0 Å². The lowest BCUT2D eigenvalue weighted by Gasteiger charge is -2.14. The Morgan fingerprint density at radius 2 is 1.31 bits per heavy atom. The van der Waals surface area contributed by atoms with Crippen molar-refractivity contribution in [3.05, 3.63) is 103 Å². The van der Waals surface area contributed by atoms with Crippen molar-refractivity contribution in [1.82, 2.24) is 0 Å². The highest BCUT2D eigenvalue weighted by atomic mass is 32.1. The molecular weight excluding hydrogens is 459 g/mol. The molecule has 8 aromatic rings. The zero-order valence-corrected chi connectivity index (χ0v) is 20.0. The summed E-state index contributed by atoms with van der Waals surface area (Å²) in [6.07, 6.45) is 0. The summed E-state index contributed by atoms with van der Waals surface area (Å²) in [7, 11) is 0.768. The average Bonchev–Trinajstić information content (AvgIpc) is 3.31. The molecule has 1 heterocycles. The molecule has 4 heteroatoms. The zero-order chi connectivity index (χ0) is 23.8. The monoisotopic (exact) mass is 477 g/mol. The minimum Gasteiger partial charge on any atom is -0.536 e. The first kappa shape index (κ1) is 20.1. The van der Waals surface area contributed by atoms with E-state index in [2.05, 4.69) is 91.0 Å². The highest BCUT2D eigenvalue weighted by molar-refractivity contribution is 7.26. The van der Waals surface area contributed by atoms with E-state index in [-0.39, 0.29) is 0 Å². The second-order valence-corrected chi connectivity index (χ2v) is 10.4. The summed E-state index contributed by atoms with van der Waals surface area (Å²) in [5.41, 5.74) is 2.44. The van der Waals surface area contributed by atoms with Crippen LogP contribution in [0.1, 0.15) is 0 Å². The van der Waals surface area contributed by atoms with Crippen molar-refractivity contribution in [2.45, 2.75) is 0 Å². The van der Waals surface area contributed by atoms with E-state index in [0.717, 1.165) is 17.8 Å². The van der Waals surface area contributed by atoms with Crippen LogP contribution in [0.5, 0.6) is 5.75 Å². The zero-order valence-electron chi connectivity index (χ0n) is 19.2. The van der Waals surface area contributed by atoms with Gasteiger partial charge in [0.15, 0.2) is 0 Å². The number of hydrogen-bond donors (Lipinski definition) is 1. The molecule has 0 bridgehead atoms. The molecule has 0 aliphatic heterocycles. The fraction of sp³-hybridized carbons (Fsp3) is 0. The molecular formula is C32H18BO2S. The Kier molecular flexibility index (Phi) is 4.16. The van der Waals surface area contributed by atoms with Crippen molar-refractivity contribution in [3.8, 4) is 16.9 Å². The second kappa shape index (κ2) is 7.44. The first-order chi connectivity index (χ1) is 17.8. The number of rotatable bonds is 3. The van der Waals surface area contributed by atoms with Gasteiger partial charge in [0.1, 0.15) is 5.75 Å². The Morgan fingerprint density at radius 1 is 0.583 bits per heavy atom. The van der Waals surface area contributed by atoms with Gasteiger partial charge in [-0.05, 0) is 66.3 Å². The van der Waals surface area contributed by atoms with E-state index in [1.165, 1.54) is 64.3 Å². The van der Waals surface area contributed by atoms with Crippen LogP contribution in [0.2, 0.25) is 0 Å². The fourth-order valence-electron chi connectivity index (χ4n) is 5.89. The van der Waals surface area contributed by atoms with Gasteiger partial charge in [-0.15, -0.1) is 11.3 Å². The lowest BCUT2D eigenvalue weighted by Crippen LogP contribution is -1.99. The SMILES string of the molecule is O[B]Oc1cc2ccccc2c2c1sc1cc(-c3ccc4ccc5cccc6ccc3c4c56)ccc12. The standard InChI is InChI=1S/C32H18BO2S/c34-33-35-27-16-21-4-1-2-7-24(21)31-26-15-12-22(17-28(26)36-32(27)31)23-13-10-20-9-8-18-5-3-6-19-11-14-25(23)30(20)29(18)19/h1-17,34H. The van der Waals surface area contributed by atoms with Gasteiger partial charge in [-0.25, -0.2) is 0 Å². The van der Waals surface area contributed by atoms with Gasteiger partial charge in [0.2, 0.25) is 0 Å². The lowest BCUT2D eigenvalue weighted by molar-refractivity contribution is 0.457. The number of benzene rings is 7. The number of hydrogen-bond acceptors (Lipinski definition) is 3. The molecule has 36 heavy (non-hydrogen) atoms. The van der Waals surface area contributed by atoms with E-state index in [0.29, 0.717) is 5.75 Å². The van der Waals surface area contributed by atoms with Crippen LogP contribution in [-0.2, 0) is 0 Å². The van der Waals surface area contributed by atoms with Gasteiger partial charge < -0.3 is 9.68 Å². The first-order valence-electron chi connectivity index (χ1n) is 12.0. The smallest absolute Gasteiger partial charge is 0.536 e. The fourth-order valence-corrected chi connectivity index (χ4v) is 7.11. The van der Waals surface area contributed by atoms with Gasteiger partial charge in [-0.2, -0.15) is 0 Å². The molecule has 1 aromatic heterocycles. The Hall–Kier alpha value is -4.12. The van der Waals surface area contributed by atoms with E-state index in [4.69, 9.17) is 4.65 Å². The van der Waals surface area contributed by atoms with Gasteiger partial charge >= 0.3 is 7.69 Å². The maximum Gasteiger partial charge on any atom is 0.569 e. The molecule has 167 valence electrons. The van der Waals surface area contributed by atoms with Crippen LogP contribution in [-0.4, -0.2) is 12.7 Å². The van der Waals surface area contributed by atoms with Gasteiger partial charge in [0.25, 0.3) is 0 Å². The van der Waals surface area contributed by atoms with Crippen molar-refractivity contribution in [2.24, 2.45) is 0 Å². The summed E-state index contributed by atoms with van der Waals surface area (Å²) in [6.45, 7) is 0. The predicted molar refractivity (Wildman–Crippen MR) is 155 cm³/mol. The molecule has 0 aliphatic rings. The summed E-state index contributed by atoms with van der Waals surface area (Å²) in [6, 6.07) is 37.1. The van der Waals surface area contributed by atoms with Crippen LogP contribution >= 0.6 is 11.3 Å². The molecule has 0 unspecified atom stereocenters. The van der Waals surface area contributed by atoms with E-state index in [1.807, 2.05) is 12.1 Å². The molecule has 1 N–H and O–H groups in total. The maximum atomic E-state index is 9.39. The van der Waals surface area contributed by atoms with Crippen LogP contribution in [0.4, 0.5) is 0 Å². The molecule has 0 aliphatic carbocycles. The van der Waals surface area contributed by atoms with Gasteiger partial charge in [0.05, 0.1) is 4.70 Å². The van der Waals surface area contributed by atoms with Crippen LogP contribution in [0.15, 0.2) is 103 Å². The lowest BCUT2D eigenvalue weighted by atomic mass is 9.90. The van der Waals surface area contributed by atoms with Gasteiger partial charge in [0, 0.05) is 15.5 Å². The van der Waals surface area contributed by atoms with Crippen LogP contribution in [0.25, 0.3) is 74.4 Å². The Morgan fingerprint density at radius 3 is 2.17 bits per heavy atom. The van der Waals surface area contributed by atoms with Crippen molar-refractivity contribution < 1.29 is 9.68 Å². The Balaban J connectivity index is 1.43. The summed E-state index contributed by atoms with van der Waals surface area (Å²) in [4.78, 5) is 0. The molecule has 0 spiro atoms. The van der Waals surface area contributed by atoms with E-state index < -0.39 is 0 Å². The van der Waals surface area contributed by atoms with Crippen molar-refractivity contribution >= 4 is 82.3 Å². The third-order valence-electron chi connectivity index (χ3n) is 7.45. The Labute approximate surface area is 211 Å². The highest BCUT2D eigenvalue weighted by Crippen LogP contribution is 2.46. The Bertz CT molecular complexity index is 2110. The molecule has 0 saturated carbocycles.